The van der Waals surface area contributed by atoms with Crippen molar-refractivity contribution in [2.45, 2.75) is 124 Å². The number of aromatic amines is 1. The first-order valence-corrected chi connectivity index (χ1v) is 33.2. The molecule has 16 rings (SSSR count). The van der Waals surface area contributed by atoms with Crippen molar-refractivity contribution in [3.63, 3.8) is 0 Å². The zero-order valence-electron chi connectivity index (χ0n) is 56.3. The van der Waals surface area contributed by atoms with Crippen molar-refractivity contribution in [3.05, 3.63) is 206 Å². The van der Waals surface area contributed by atoms with E-state index in [1.54, 1.807) is 103 Å². The molecule has 0 spiro atoms. The lowest BCUT2D eigenvalue weighted by molar-refractivity contribution is 0.569. The van der Waals surface area contributed by atoms with Gasteiger partial charge in [-0.1, -0.05) is 11.8 Å². The van der Waals surface area contributed by atoms with E-state index in [-0.39, 0.29) is 5.69 Å². The number of aryl methyl sites for hydroxylation is 5. The lowest BCUT2D eigenvalue weighted by atomic mass is 10.2. The van der Waals surface area contributed by atoms with Crippen LogP contribution < -0.4 is 5.69 Å². The van der Waals surface area contributed by atoms with Gasteiger partial charge in [-0.15, -0.1) is 61.2 Å². The Balaban J connectivity index is 0.000000124. The van der Waals surface area contributed by atoms with Crippen LogP contribution in [0.1, 0.15) is 88.8 Å². The molecule has 29 nitrogen and oxygen atoms in total. The summed E-state index contributed by atoms with van der Waals surface area (Å²) in [5.41, 5.74) is 5.99. The van der Waals surface area contributed by atoms with Crippen molar-refractivity contribution in [3.8, 4) is 79.9 Å². The molecule has 0 atom stereocenters. The van der Waals surface area contributed by atoms with Crippen molar-refractivity contribution in [2.24, 2.45) is 7.05 Å². The summed E-state index contributed by atoms with van der Waals surface area (Å²) in [6, 6.07) is 28.1. The fourth-order valence-corrected chi connectivity index (χ4v) is 10.7. The Morgan fingerprint density at radius 1 is 0.439 bits per heavy atom. The number of thioether (sulfide) groups is 1. The minimum Gasteiger partial charge on any atom is -0.461 e. The fraction of sp³-hybridized carbons (Fsp3) is 0.294. The maximum atomic E-state index is 11.3. The van der Waals surface area contributed by atoms with Gasteiger partial charge in [0.15, 0.2) is 51.7 Å². The molecule has 14 aromatic heterocycles. The SMILES string of the molecule is CCn1c(-c2cccnc2)n[nH]c1=O.CCn1c(C)nnc1-c1ccco1.CCn1c(C)nnc1-c1ccncc1.CCn1cnnc1-c1ccncc1.CSc1nnc(-c2ccncc2)n1C1CC1.Cc1nnc(-c2ccncc2)n1C.Cc1nnc(-c2ccncc2)n1C1CC1. The zero-order chi connectivity index (χ0) is 68.8. The smallest absolute Gasteiger partial charge is 0.343 e. The van der Waals surface area contributed by atoms with E-state index in [2.05, 4.69) is 136 Å². The summed E-state index contributed by atoms with van der Waals surface area (Å²) in [6.07, 6.45) is 31.4. The van der Waals surface area contributed by atoms with E-state index in [1.807, 2.05) is 147 Å². The van der Waals surface area contributed by atoms with Gasteiger partial charge in [-0.05, 0) is 172 Å². The van der Waals surface area contributed by atoms with Gasteiger partial charge in [0.1, 0.15) is 29.6 Å². The largest absolute Gasteiger partial charge is 0.461 e. The number of hydrogen-bond acceptors (Lipinski definition) is 22. The summed E-state index contributed by atoms with van der Waals surface area (Å²) in [6.45, 7) is 19.2. The lowest BCUT2D eigenvalue weighted by Crippen LogP contribution is -2.16. The zero-order valence-corrected chi connectivity index (χ0v) is 57.1. The number of nitrogens with one attached hydrogen (secondary N) is 1. The van der Waals surface area contributed by atoms with Crippen LogP contribution in [0.3, 0.4) is 0 Å². The molecule has 2 aliphatic rings. The molecule has 14 heterocycles. The van der Waals surface area contributed by atoms with Gasteiger partial charge < -0.3 is 27.3 Å². The van der Waals surface area contributed by atoms with Crippen LogP contribution in [0.5, 0.6) is 0 Å². The topological polar surface area (TPSA) is 325 Å². The summed E-state index contributed by atoms with van der Waals surface area (Å²) in [7, 11) is 1.95. The quantitative estimate of drug-likeness (QED) is 0.0988. The molecule has 0 aromatic carbocycles. The van der Waals surface area contributed by atoms with Gasteiger partial charge in [-0.3, -0.25) is 39.0 Å². The van der Waals surface area contributed by atoms with Crippen LogP contribution in [0.15, 0.2) is 186 Å². The molecule has 0 unspecified atom stereocenters. The van der Waals surface area contributed by atoms with Gasteiger partial charge >= 0.3 is 5.69 Å². The van der Waals surface area contributed by atoms with Crippen LogP contribution in [0.25, 0.3) is 79.9 Å². The van der Waals surface area contributed by atoms with Crippen LogP contribution in [0.2, 0.25) is 0 Å². The monoisotopic (exact) mass is 1340 g/mol. The summed E-state index contributed by atoms with van der Waals surface area (Å²) < 4.78 is 19.3. The van der Waals surface area contributed by atoms with Gasteiger partial charge in [-0.2, -0.15) is 5.10 Å². The Labute approximate surface area is 570 Å². The molecule has 2 aliphatic carbocycles. The third-order valence-corrected chi connectivity index (χ3v) is 16.2. The molecule has 2 saturated carbocycles. The second-order valence-corrected chi connectivity index (χ2v) is 22.8. The summed E-state index contributed by atoms with van der Waals surface area (Å²) in [5.74, 6) is 10.6. The minimum absolute atomic E-state index is 0.189. The van der Waals surface area contributed by atoms with E-state index in [9.17, 15) is 4.79 Å². The summed E-state index contributed by atoms with van der Waals surface area (Å²) in [4.78, 5) is 35.2. The van der Waals surface area contributed by atoms with E-state index in [4.69, 9.17) is 4.42 Å². The third kappa shape index (κ3) is 17.4. The third-order valence-electron chi connectivity index (χ3n) is 15.5. The highest BCUT2D eigenvalue weighted by molar-refractivity contribution is 7.98. The number of nitrogens with zero attached hydrogens (tertiary/aromatic N) is 26. The number of aromatic nitrogens is 27. The Morgan fingerprint density at radius 3 is 1.38 bits per heavy atom. The van der Waals surface area contributed by atoms with Crippen LogP contribution >= 0.6 is 11.8 Å². The van der Waals surface area contributed by atoms with Crippen molar-refractivity contribution >= 4 is 11.8 Å². The van der Waals surface area contributed by atoms with Gasteiger partial charge in [0.25, 0.3) is 0 Å². The Hall–Kier alpha value is -11.7. The number of pyridine rings is 6. The molecular weight excluding hydrogens is 1260 g/mol. The second kappa shape index (κ2) is 34.1. The Morgan fingerprint density at radius 2 is 0.898 bits per heavy atom. The van der Waals surface area contributed by atoms with Gasteiger partial charge in [0.05, 0.1) is 6.26 Å². The van der Waals surface area contributed by atoms with Crippen molar-refractivity contribution < 1.29 is 4.42 Å². The van der Waals surface area contributed by atoms with Crippen LogP contribution in [-0.2, 0) is 33.2 Å². The maximum Gasteiger partial charge on any atom is 0.343 e. The van der Waals surface area contributed by atoms with Crippen molar-refractivity contribution in [1.29, 1.82) is 0 Å². The molecule has 0 bridgehead atoms. The summed E-state index contributed by atoms with van der Waals surface area (Å²) in [5, 5.41) is 56.5. The van der Waals surface area contributed by atoms with E-state index in [1.165, 1.54) is 25.7 Å². The first kappa shape index (κ1) is 69.1. The van der Waals surface area contributed by atoms with E-state index in [0.29, 0.717) is 24.5 Å². The number of rotatable bonds is 14. The molecule has 14 aromatic rings. The highest BCUT2D eigenvalue weighted by atomic mass is 32.2. The van der Waals surface area contributed by atoms with Crippen LogP contribution in [0, 0.1) is 27.7 Å². The predicted molar refractivity (Wildman–Crippen MR) is 371 cm³/mol. The summed E-state index contributed by atoms with van der Waals surface area (Å²) >= 11 is 1.65. The predicted octanol–water partition coefficient (Wildman–Crippen LogP) is 11.1. The highest BCUT2D eigenvalue weighted by Crippen LogP contribution is 2.41. The van der Waals surface area contributed by atoms with Crippen LogP contribution in [-0.4, -0.2) is 140 Å². The number of furan rings is 1. The van der Waals surface area contributed by atoms with Crippen molar-refractivity contribution in [2.75, 3.05) is 6.26 Å². The second-order valence-electron chi connectivity index (χ2n) is 22.0. The van der Waals surface area contributed by atoms with Crippen molar-refractivity contribution in [1.82, 2.24) is 133 Å². The van der Waals surface area contributed by atoms with Gasteiger partial charge in [-0.25, -0.2) is 9.89 Å². The molecule has 0 amide bonds. The lowest BCUT2D eigenvalue weighted by Gasteiger charge is -2.06. The van der Waals surface area contributed by atoms with E-state index < -0.39 is 0 Å². The molecule has 30 heteroatoms. The molecule has 502 valence electrons. The normalized spacial score (nSPS) is 12.0. The molecular formula is C68H77N27O2S. The molecule has 0 radical (unpaired) electrons. The molecule has 0 aliphatic heterocycles. The average molecular weight is 1340 g/mol. The van der Waals surface area contributed by atoms with E-state index in [0.717, 1.165) is 122 Å². The van der Waals surface area contributed by atoms with E-state index >= 15 is 0 Å². The Bertz CT molecular complexity index is 4710. The number of hydrogen-bond donors (Lipinski definition) is 1. The molecule has 0 saturated heterocycles. The molecule has 1 N–H and O–H groups in total. The molecule has 98 heavy (non-hydrogen) atoms. The van der Waals surface area contributed by atoms with Gasteiger partial charge in [0, 0.05) is 153 Å². The maximum absolute atomic E-state index is 11.3. The first-order chi connectivity index (χ1) is 47.9. The van der Waals surface area contributed by atoms with Gasteiger partial charge in [0.2, 0.25) is 0 Å². The molecule has 2 fully saturated rings. The standard InChI is InChI=1S/C11H12N4S.C11H12N4.C10H12N4.C9H10N4O.2C9H10N4.C9H11N3O/c1-16-11-14-13-10(15(11)9-2-3-9)8-4-6-12-7-5-8;1-8-13-14-11(15(8)10-2-3-10)9-4-6-12-7-5-9;1-3-14-8(2)12-13-10(14)9-4-6-11-7-5-9;1-2-13-8(11-12-9(13)14)7-4-3-5-10-6-7;1-7-11-12-9(13(7)2)8-3-5-10-6-4-8;1-2-13-7-11-12-9(13)8-3-5-10-6-4-8;1-3-12-7(2)10-11-9(12)8-5-4-6-13-8/h4-7,9H,2-3H2,1H3;4-7,10H,2-3H2,1H3;4-7H,3H2,1-2H3;3-6H,2H2,1H3,(H,12,14);3-6H,1-2H3;3-7H,2H2,1H3;4-6H,3H2,1-2H3. The van der Waals surface area contributed by atoms with Crippen LogP contribution in [0.4, 0.5) is 0 Å². The highest BCUT2D eigenvalue weighted by Gasteiger charge is 2.30. The average Bonchev–Trinajstić information content (AvgIpc) is 1.63. The number of H-pyrrole nitrogens is 1. The fourth-order valence-electron chi connectivity index (χ4n) is 10.1. The minimum atomic E-state index is -0.189. The Kier molecular flexibility index (Phi) is 24.1. The first-order valence-electron chi connectivity index (χ1n) is 32.0.